The van der Waals surface area contributed by atoms with Crippen LogP contribution in [0.5, 0.6) is 5.75 Å². The Kier molecular flexibility index (Phi) is 5.09. The summed E-state index contributed by atoms with van der Waals surface area (Å²) in [6.45, 7) is 5.05. The first kappa shape index (κ1) is 14.4. The third kappa shape index (κ3) is 3.43. The van der Waals surface area contributed by atoms with Gasteiger partial charge in [-0.05, 0) is 32.0 Å². The zero-order valence-corrected chi connectivity index (χ0v) is 11.0. The number of amides is 1. The fourth-order valence-corrected chi connectivity index (χ4v) is 1.87. The Morgan fingerprint density at radius 2 is 2.22 bits per heavy atom. The Morgan fingerprint density at radius 3 is 2.67 bits per heavy atom. The first-order valence-corrected chi connectivity index (χ1v) is 5.95. The number of ether oxygens (including phenoxy) is 1. The van der Waals surface area contributed by atoms with Crippen molar-refractivity contribution in [2.45, 2.75) is 26.4 Å². The number of halogens is 1. The molecule has 0 saturated carbocycles. The van der Waals surface area contributed by atoms with Crippen molar-refractivity contribution >= 4 is 5.91 Å². The van der Waals surface area contributed by atoms with Gasteiger partial charge in [0.25, 0.3) is 5.91 Å². The van der Waals surface area contributed by atoms with E-state index < -0.39 is 5.82 Å². The highest BCUT2D eigenvalue weighted by Gasteiger charge is 2.21. The molecule has 0 aromatic heterocycles. The summed E-state index contributed by atoms with van der Waals surface area (Å²) in [4.78, 5) is 12.2. The van der Waals surface area contributed by atoms with E-state index in [9.17, 15) is 9.18 Å². The maximum Gasteiger partial charge on any atom is 0.275 e. The normalized spacial score (nSPS) is 14.0. The minimum Gasteiger partial charge on any atom is -0.494 e. The van der Waals surface area contributed by atoms with Gasteiger partial charge in [0.05, 0.1) is 13.7 Å². The van der Waals surface area contributed by atoms with Crippen molar-refractivity contribution in [2.75, 3.05) is 13.7 Å². The number of methoxy groups -OCH3 is 1. The molecule has 0 heterocycles. The second-order valence-corrected chi connectivity index (χ2v) is 4.28. The standard InChI is InChI=1S/C13H19FN2O2/c1-4-16(9(2)13(15)17)8-10-5-6-12(18-3)11(14)7-10/h5-7,9H,4,8H2,1-3H3,(H2,15,17)/p+1/t9-/m0/s1. The van der Waals surface area contributed by atoms with Crippen LogP contribution in [0.25, 0.3) is 0 Å². The van der Waals surface area contributed by atoms with Crippen LogP contribution in [0.2, 0.25) is 0 Å². The number of nitrogens with one attached hydrogen (secondary N) is 1. The summed E-state index contributed by atoms with van der Waals surface area (Å²) in [6.07, 6.45) is 0. The van der Waals surface area contributed by atoms with Crippen LogP contribution < -0.4 is 15.4 Å². The molecular formula is C13H20FN2O2+. The van der Waals surface area contributed by atoms with Gasteiger partial charge in [0, 0.05) is 5.56 Å². The quantitative estimate of drug-likeness (QED) is 0.758. The molecule has 4 nitrogen and oxygen atoms in total. The molecule has 0 fully saturated rings. The first-order chi connectivity index (χ1) is 8.49. The molecule has 18 heavy (non-hydrogen) atoms. The van der Waals surface area contributed by atoms with Gasteiger partial charge in [0.2, 0.25) is 0 Å². The van der Waals surface area contributed by atoms with Crippen LogP contribution in [0.4, 0.5) is 4.39 Å². The molecule has 0 aliphatic carbocycles. The summed E-state index contributed by atoms with van der Waals surface area (Å²) >= 11 is 0. The maximum absolute atomic E-state index is 13.5. The third-order valence-electron chi connectivity index (χ3n) is 3.14. The van der Waals surface area contributed by atoms with Gasteiger partial charge in [0.1, 0.15) is 6.54 Å². The fourth-order valence-electron chi connectivity index (χ4n) is 1.87. The maximum atomic E-state index is 13.5. The molecule has 1 aromatic rings. The highest BCUT2D eigenvalue weighted by atomic mass is 19.1. The van der Waals surface area contributed by atoms with Gasteiger partial charge < -0.3 is 15.4 Å². The number of carbonyl (C=O) groups excluding carboxylic acids is 1. The van der Waals surface area contributed by atoms with E-state index in [0.29, 0.717) is 6.54 Å². The average Bonchev–Trinajstić information content (AvgIpc) is 2.35. The predicted octanol–water partition coefficient (Wildman–Crippen LogP) is 0.113. The van der Waals surface area contributed by atoms with Gasteiger partial charge in [0.15, 0.2) is 17.6 Å². The lowest BCUT2D eigenvalue weighted by atomic mass is 10.1. The van der Waals surface area contributed by atoms with Gasteiger partial charge >= 0.3 is 0 Å². The number of carbonyl (C=O) groups is 1. The van der Waals surface area contributed by atoms with E-state index in [-0.39, 0.29) is 17.7 Å². The van der Waals surface area contributed by atoms with Crippen molar-refractivity contribution in [3.63, 3.8) is 0 Å². The largest absolute Gasteiger partial charge is 0.494 e. The van der Waals surface area contributed by atoms with E-state index in [4.69, 9.17) is 10.5 Å². The SMILES string of the molecule is CC[NH+](Cc1ccc(OC)c(F)c1)[C@@H](C)C(N)=O. The number of likely N-dealkylation sites (N-methyl/N-ethyl adjacent to an activating group) is 1. The van der Waals surface area contributed by atoms with E-state index in [1.54, 1.807) is 19.1 Å². The Labute approximate surface area is 107 Å². The number of quaternary nitrogens is 1. The Bertz CT molecular complexity index is 423. The average molecular weight is 255 g/mol. The lowest BCUT2D eigenvalue weighted by Gasteiger charge is -2.22. The molecule has 1 rings (SSSR count). The summed E-state index contributed by atoms with van der Waals surface area (Å²) in [7, 11) is 1.43. The smallest absolute Gasteiger partial charge is 0.275 e. The van der Waals surface area contributed by atoms with E-state index in [2.05, 4.69) is 0 Å². The van der Waals surface area contributed by atoms with E-state index in [0.717, 1.165) is 17.0 Å². The summed E-state index contributed by atoms with van der Waals surface area (Å²) < 4.78 is 18.4. The Balaban J connectivity index is 2.82. The van der Waals surface area contributed by atoms with Crippen LogP contribution in [-0.2, 0) is 11.3 Å². The topological polar surface area (TPSA) is 56.8 Å². The van der Waals surface area contributed by atoms with Crippen LogP contribution in [0.15, 0.2) is 18.2 Å². The molecule has 1 aromatic carbocycles. The molecule has 0 bridgehead atoms. The van der Waals surface area contributed by atoms with E-state index in [1.807, 2.05) is 6.92 Å². The van der Waals surface area contributed by atoms with Gasteiger partial charge in [-0.1, -0.05) is 0 Å². The number of hydrogen-bond acceptors (Lipinski definition) is 2. The number of primary amides is 1. The summed E-state index contributed by atoms with van der Waals surface area (Å²) in [5, 5.41) is 0. The zero-order chi connectivity index (χ0) is 13.7. The molecule has 0 aliphatic heterocycles. The van der Waals surface area contributed by atoms with Crippen LogP contribution >= 0.6 is 0 Å². The summed E-state index contributed by atoms with van der Waals surface area (Å²) in [5.74, 6) is -0.516. The molecule has 0 aliphatic rings. The monoisotopic (exact) mass is 255 g/mol. The molecule has 1 amide bonds. The van der Waals surface area contributed by atoms with E-state index >= 15 is 0 Å². The van der Waals surface area contributed by atoms with Crippen LogP contribution in [0, 0.1) is 5.82 Å². The number of nitrogens with two attached hydrogens (primary N) is 1. The lowest BCUT2D eigenvalue weighted by Crippen LogP contribution is -3.15. The zero-order valence-electron chi connectivity index (χ0n) is 11.0. The molecule has 0 saturated heterocycles. The van der Waals surface area contributed by atoms with Gasteiger partial charge in [-0.3, -0.25) is 4.79 Å². The first-order valence-electron chi connectivity index (χ1n) is 5.95. The van der Waals surface area contributed by atoms with Crippen molar-refractivity contribution in [3.8, 4) is 5.75 Å². The second-order valence-electron chi connectivity index (χ2n) is 4.28. The number of benzene rings is 1. The highest BCUT2D eigenvalue weighted by Crippen LogP contribution is 2.17. The molecule has 5 heteroatoms. The molecule has 0 spiro atoms. The number of hydrogen-bond donors (Lipinski definition) is 2. The molecule has 1 unspecified atom stereocenters. The van der Waals surface area contributed by atoms with Crippen molar-refractivity contribution in [1.29, 1.82) is 0 Å². The predicted molar refractivity (Wildman–Crippen MR) is 66.8 cm³/mol. The van der Waals surface area contributed by atoms with Crippen molar-refractivity contribution in [1.82, 2.24) is 0 Å². The molecule has 0 radical (unpaired) electrons. The molecule has 100 valence electrons. The van der Waals surface area contributed by atoms with Gasteiger partial charge in [-0.25, -0.2) is 4.39 Å². The van der Waals surface area contributed by atoms with Crippen molar-refractivity contribution < 1.29 is 18.8 Å². The molecular weight excluding hydrogens is 235 g/mol. The van der Waals surface area contributed by atoms with Crippen molar-refractivity contribution in [2.24, 2.45) is 5.73 Å². The minimum absolute atomic E-state index is 0.222. The number of rotatable bonds is 6. The van der Waals surface area contributed by atoms with Gasteiger partial charge in [-0.15, -0.1) is 0 Å². The van der Waals surface area contributed by atoms with Gasteiger partial charge in [-0.2, -0.15) is 0 Å². The molecule has 3 N–H and O–H groups in total. The lowest BCUT2D eigenvalue weighted by molar-refractivity contribution is -0.926. The van der Waals surface area contributed by atoms with Crippen LogP contribution in [-0.4, -0.2) is 25.6 Å². The summed E-state index contributed by atoms with van der Waals surface area (Å²) in [5.41, 5.74) is 6.11. The Morgan fingerprint density at radius 1 is 1.56 bits per heavy atom. The Hall–Kier alpha value is -1.62. The minimum atomic E-state index is -0.391. The van der Waals surface area contributed by atoms with Crippen LogP contribution in [0.1, 0.15) is 19.4 Å². The third-order valence-corrected chi connectivity index (χ3v) is 3.14. The van der Waals surface area contributed by atoms with Crippen molar-refractivity contribution in [3.05, 3.63) is 29.6 Å². The molecule has 2 atom stereocenters. The highest BCUT2D eigenvalue weighted by molar-refractivity contribution is 5.77. The summed E-state index contributed by atoms with van der Waals surface area (Å²) in [6, 6.07) is 4.53. The fraction of sp³-hybridized carbons (Fsp3) is 0.462. The van der Waals surface area contributed by atoms with E-state index in [1.165, 1.54) is 13.2 Å². The second kappa shape index (κ2) is 6.35. The van der Waals surface area contributed by atoms with Crippen LogP contribution in [0.3, 0.4) is 0 Å².